The number of H-pyrrole nitrogens is 1. The highest BCUT2D eigenvalue weighted by Gasteiger charge is 2.33. The number of halogens is 1. The van der Waals surface area contributed by atoms with Crippen molar-refractivity contribution in [2.75, 3.05) is 31.6 Å². The molecule has 8 nitrogen and oxygen atoms in total. The van der Waals surface area contributed by atoms with Crippen LogP contribution in [0.3, 0.4) is 0 Å². The first-order valence-corrected chi connectivity index (χ1v) is 10.3. The Morgan fingerprint density at radius 3 is 2.83 bits per heavy atom. The number of aromatic nitrogens is 2. The van der Waals surface area contributed by atoms with E-state index in [1.165, 1.54) is 17.7 Å². The number of aromatic amines is 1. The average molecular weight is 415 g/mol. The van der Waals surface area contributed by atoms with Crippen LogP contribution in [-0.4, -0.2) is 42.3 Å². The molecule has 9 heteroatoms. The molecule has 2 atom stereocenters. The number of hydrogen-bond acceptors (Lipinski definition) is 6. The summed E-state index contributed by atoms with van der Waals surface area (Å²) >= 11 is 0. The van der Waals surface area contributed by atoms with E-state index in [4.69, 9.17) is 10.00 Å². The van der Waals surface area contributed by atoms with Crippen LogP contribution in [-0.2, 0) is 0 Å². The number of anilines is 1. The zero-order valence-electron chi connectivity index (χ0n) is 17.2. The summed E-state index contributed by atoms with van der Waals surface area (Å²) in [4.78, 5) is 29.1. The fourth-order valence-corrected chi connectivity index (χ4v) is 4.29. The first kappa shape index (κ1) is 20.4. The van der Waals surface area contributed by atoms with Crippen molar-refractivity contribution >= 4 is 16.6 Å². The molecule has 0 spiro atoms. The van der Waals surface area contributed by atoms with Crippen LogP contribution >= 0.6 is 0 Å². The van der Waals surface area contributed by atoms with Gasteiger partial charge in [-0.05, 0) is 44.7 Å². The Balaban J connectivity index is 1.71. The Hall–Kier alpha value is -2.86. The van der Waals surface area contributed by atoms with Crippen molar-refractivity contribution < 1.29 is 9.13 Å². The maximum atomic E-state index is 15.2. The lowest BCUT2D eigenvalue weighted by Gasteiger charge is -2.24. The van der Waals surface area contributed by atoms with Gasteiger partial charge < -0.3 is 15.0 Å². The predicted octanol–water partition coefficient (Wildman–Crippen LogP) is 1.89. The monoisotopic (exact) mass is 415 g/mol. The van der Waals surface area contributed by atoms with E-state index < -0.39 is 17.1 Å². The van der Waals surface area contributed by atoms with Gasteiger partial charge in [-0.25, -0.2) is 9.18 Å². The topological polar surface area (TPSA) is 103 Å². The molecule has 4 rings (SSSR count). The molecule has 160 valence electrons. The van der Waals surface area contributed by atoms with Crippen LogP contribution in [0, 0.1) is 23.1 Å². The predicted molar refractivity (Wildman–Crippen MR) is 112 cm³/mol. The number of ether oxygens (including phenoxy) is 1. The van der Waals surface area contributed by atoms with Crippen LogP contribution in [0.2, 0.25) is 0 Å². The number of benzene rings is 1. The first-order chi connectivity index (χ1) is 14.4. The molecule has 0 radical (unpaired) electrons. The molecule has 2 unspecified atom stereocenters. The van der Waals surface area contributed by atoms with Gasteiger partial charge in [0.15, 0.2) is 11.6 Å². The highest BCUT2D eigenvalue weighted by atomic mass is 19.1. The SMILES string of the molecule is COc1c(N2CCC(CNC(C)CC#N)C2)c(F)cc2c(=O)[nH]c(=O)n(C3CC3)c12. The number of nitrogens with zero attached hydrogens (tertiary/aromatic N) is 3. The lowest BCUT2D eigenvalue weighted by atomic mass is 10.1. The van der Waals surface area contributed by atoms with Crippen molar-refractivity contribution in [3.63, 3.8) is 0 Å². The molecule has 0 amide bonds. The van der Waals surface area contributed by atoms with E-state index in [1.807, 2.05) is 11.8 Å². The summed E-state index contributed by atoms with van der Waals surface area (Å²) in [6, 6.07) is 3.47. The average Bonchev–Trinajstić information content (AvgIpc) is 3.43. The minimum Gasteiger partial charge on any atom is -0.492 e. The quantitative estimate of drug-likeness (QED) is 0.716. The third-order valence-corrected chi connectivity index (χ3v) is 5.98. The Kier molecular flexibility index (Phi) is 5.52. The van der Waals surface area contributed by atoms with E-state index in [9.17, 15) is 9.59 Å². The zero-order chi connectivity index (χ0) is 21.4. The van der Waals surface area contributed by atoms with E-state index in [0.29, 0.717) is 36.6 Å². The van der Waals surface area contributed by atoms with Crippen LogP contribution < -0.4 is 26.2 Å². The second-order valence-electron chi connectivity index (χ2n) is 8.27. The Morgan fingerprint density at radius 2 is 2.17 bits per heavy atom. The summed E-state index contributed by atoms with van der Waals surface area (Å²) in [5.74, 6) is 0.0135. The largest absolute Gasteiger partial charge is 0.492 e. The van der Waals surface area contributed by atoms with Crippen molar-refractivity contribution in [1.82, 2.24) is 14.9 Å². The van der Waals surface area contributed by atoms with Gasteiger partial charge in [-0.3, -0.25) is 14.3 Å². The fourth-order valence-electron chi connectivity index (χ4n) is 4.29. The molecule has 1 saturated carbocycles. The Morgan fingerprint density at radius 1 is 1.40 bits per heavy atom. The van der Waals surface area contributed by atoms with Crippen LogP contribution in [0.25, 0.3) is 10.9 Å². The van der Waals surface area contributed by atoms with Gasteiger partial charge >= 0.3 is 5.69 Å². The van der Waals surface area contributed by atoms with E-state index in [0.717, 1.165) is 25.8 Å². The van der Waals surface area contributed by atoms with E-state index in [-0.39, 0.29) is 23.2 Å². The molecular weight excluding hydrogens is 389 g/mol. The summed E-state index contributed by atoms with van der Waals surface area (Å²) in [5.41, 5.74) is -0.419. The summed E-state index contributed by atoms with van der Waals surface area (Å²) in [6.45, 7) is 3.98. The molecule has 1 saturated heterocycles. The van der Waals surface area contributed by atoms with Crippen molar-refractivity contribution in [3.8, 4) is 11.8 Å². The number of methoxy groups -OCH3 is 1. The van der Waals surface area contributed by atoms with Gasteiger partial charge in [0, 0.05) is 25.2 Å². The van der Waals surface area contributed by atoms with Gasteiger partial charge in [0.25, 0.3) is 5.56 Å². The molecule has 1 aliphatic heterocycles. The van der Waals surface area contributed by atoms with Crippen LogP contribution in [0.5, 0.6) is 5.75 Å². The second kappa shape index (κ2) is 8.11. The number of rotatable bonds is 7. The Labute approximate surface area is 173 Å². The molecule has 1 aliphatic carbocycles. The van der Waals surface area contributed by atoms with Crippen molar-refractivity contribution in [3.05, 3.63) is 32.7 Å². The van der Waals surface area contributed by atoms with Gasteiger partial charge in [0.05, 0.1) is 25.0 Å². The lowest BCUT2D eigenvalue weighted by molar-refractivity contribution is 0.412. The molecule has 1 aromatic carbocycles. The van der Waals surface area contributed by atoms with Gasteiger partial charge in [0.2, 0.25) is 0 Å². The van der Waals surface area contributed by atoms with Gasteiger partial charge in [-0.15, -0.1) is 0 Å². The molecule has 30 heavy (non-hydrogen) atoms. The summed E-state index contributed by atoms with van der Waals surface area (Å²) in [6.07, 6.45) is 3.00. The maximum Gasteiger partial charge on any atom is 0.329 e. The third-order valence-electron chi connectivity index (χ3n) is 5.98. The zero-order valence-corrected chi connectivity index (χ0v) is 17.2. The van der Waals surface area contributed by atoms with Crippen molar-refractivity contribution in [2.24, 2.45) is 5.92 Å². The molecule has 2 aliphatic rings. The van der Waals surface area contributed by atoms with Crippen LogP contribution in [0.4, 0.5) is 10.1 Å². The molecule has 0 bridgehead atoms. The summed E-state index contributed by atoms with van der Waals surface area (Å²) in [5, 5.41) is 12.3. The second-order valence-corrected chi connectivity index (χ2v) is 8.27. The fraction of sp³-hybridized carbons (Fsp3) is 0.571. The van der Waals surface area contributed by atoms with Gasteiger partial charge in [0.1, 0.15) is 11.2 Å². The summed E-state index contributed by atoms with van der Waals surface area (Å²) < 4.78 is 22.3. The number of hydrogen-bond donors (Lipinski definition) is 2. The first-order valence-electron chi connectivity index (χ1n) is 10.3. The molecule has 2 aromatic rings. The summed E-state index contributed by atoms with van der Waals surface area (Å²) in [7, 11) is 1.44. The van der Waals surface area contributed by atoms with Crippen LogP contribution in [0.1, 0.15) is 38.6 Å². The minimum absolute atomic E-state index is 0.00112. The molecule has 1 aromatic heterocycles. The lowest BCUT2D eigenvalue weighted by Crippen LogP contribution is -2.33. The smallest absolute Gasteiger partial charge is 0.329 e. The van der Waals surface area contributed by atoms with Gasteiger partial charge in [-0.2, -0.15) is 5.26 Å². The standard InChI is InChI=1S/C21H26FN5O3/c1-12(5-7-23)24-10-13-6-8-26(11-13)18-16(22)9-15-17(19(18)30-2)27(14-3-4-14)21(29)25-20(15)28/h9,12-14,24H,3-6,8,10-11H2,1-2H3,(H,25,28,29). The van der Waals surface area contributed by atoms with E-state index in [2.05, 4.69) is 16.4 Å². The minimum atomic E-state index is -0.606. The third kappa shape index (κ3) is 3.67. The molecular formula is C21H26FN5O3. The number of fused-ring (bicyclic) bond motifs is 1. The van der Waals surface area contributed by atoms with E-state index in [1.54, 1.807) is 0 Å². The maximum absolute atomic E-state index is 15.2. The van der Waals surface area contributed by atoms with E-state index >= 15 is 4.39 Å². The van der Waals surface area contributed by atoms with Crippen molar-refractivity contribution in [1.29, 1.82) is 5.26 Å². The molecule has 2 heterocycles. The number of nitrogens with one attached hydrogen (secondary N) is 2. The van der Waals surface area contributed by atoms with Crippen LogP contribution in [0.15, 0.2) is 15.7 Å². The molecule has 2 fully saturated rings. The Bertz CT molecular complexity index is 1110. The highest BCUT2D eigenvalue weighted by molar-refractivity contribution is 5.91. The molecule has 2 N–H and O–H groups in total. The van der Waals surface area contributed by atoms with Gasteiger partial charge in [-0.1, -0.05) is 0 Å². The highest BCUT2D eigenvalue weighted by Crippen LogP contribution is 2.43. The van der Waals surface area contributed by atoms with Crippen molar-refractivity contribution in [2.45, 2.75) is 44.7 Å². The normalized spacial score (nSPS) is 19.8. The number of nitriles is 1.